The molecule has 0 bridgehead atoms. The average Bonchev–Trinajstić information content (AvgIpc) is 3.53. The second-order valence-corrected chi connectivity index (χ2v) is 9.07. The van der Waals surface area contributed by atoms with E-state index in [0.717, 1.165) is 28.9 Å². The van der Waals surface area contributed by atoms with E-state index in [2.05, 4.69) is 0 Å². The first-order valence-corrected chi connectivity index (χ1v) is 10.5. The van der Waals surface area contributed by atoms with Crippen molar-refractivity contribution in [3.63, 3.8) is 0 Å². The average molecular weight is 410 g/mol. The Morgan fingerprint density at radius 1 is 1.07 bits per heavy atom. The summed E-state index contributed by atoms with van der Waals surface area (Å²) in [6.45, 7) is 1.99. The molecule has 2 amide bonds. The van der Waals surface area contributed by atoms with E-state index in [1.165, 1.54) is 23.8 Å². The molecule has 1 aliphatic carbocycles. The molecule has 0 N–H and O–H groups in total. The molecule has 2 aromatic rings. The zero-order valence-electron chi connectivity index (χ0n) is 16.5. The molecule has 1 saturated heterocycles. The topological polar surface area (TPSA) is 63.7 Å². The zero-order valence-corrected chi connectivity index (χ0v) is 17.3. The SMILES string of the molecule is COC(=O)[C@@]1(Sc2ccc(C)cc2)CC(=O)N(C(=O)C2CC2)[C@@H]1c1ccccc1. The lowest BCUT2D eigenvalue weighted by Gasteiger charge is -2.34. The fourth-order valence-corrected chi connectivity index (χ4v) is 5.30. The van der Waals surface area contributed by atoms with Gasteiger partial charge in [-0.3, -0.25) is 19.3 Å². The Kier molecular flexibility index (Phi) is 5.21. The number of ether oxygens (including phenoxy) is 1. The third-order valence-electron chi connectivity index (χ3n) is 5.51. The van der Waals surface area contributed by atoms with Crippen LogP contribution in [0.4, 0.5) is 0 Å². The third kappa shape index (κ3) is 3.57. The van der Waals surface area contributed by atoms with Crippen LogP contribution in [0.2, 0.25) is 0 Å². The first-order valence-electron chi connectivity index (χ1n) is 9.71. The number of methoxy groups -OCH3 is 1. The summed E-state index contributed by atoms with van der Waals surface area (Å²) < 4.78 is 3.96. The summed E-state index contributed by atoms with van der Waals surface area (Å²) in [5.41, 5.74) is 1.87. The van der Waals surface area contributed by atoms with Gasteiger partial charge in [-0.25, -0.2) is 0 Å². The Balaban J connectivity index is 1.84. The molecular formula is C23H23NO4S. The van der Waals surface area contributed by atoms with E-state index in [4.69, 9.17) is 4.74 Å². The van der Waals surface area contributed by atoms with Crippen molar-refractivity contribution in [1.82, 2.24) is 4.90 Å². The minimum Gasteiger partial charge on any atom is -0.468 e. The van der Waals surface area contributed by atoms with Gasteiger partial charge in [-0.05, 0) is 37.5 Å². The molecule has 6 heteroatoms. The Labute approximate surface area is 174 Å². The minimum absolute atomic E-state index is 0.0732. The van der Waals surface area contributed by atoms with Crippen molar-refractivity contribution >= 4 is 29.5 Å². The fraction of sp³-hybridized carbons (Fsp3) is 0.348. The highest BCUT2D eigenvalue weighted by Crippen LogP contribution is 2.54. The van der Waals surface area contributed by atoms with Crippen LogP contribution in [0.5, 0.6) is 0 Å². The summed E-state index contributed by atoms with van der Waals surface area (Å²) in [6, 6.07) is 16.4. The second-order valence-electron chi connectivity index (χ2n) is 7.66. The van der Waals surface area contributed by atoms with Crippen LogP contribution in [-0.2, 0) is 19.1 Å². The Morgan fingerprint density at radius 2 is 1.72 bits per heavy atom. The standard InChI is InChI=1S/C23H23NO4S/c1-15-8-12-18(13-9-15)29-23(22(27)28-2)14-19(25)24(21(26)17-10-11-17)20(23)16-6-4-3-5-7-16/h3-9,12-13,17,20H,10-11,14H2,1-2H3/t20-,23-/m1/s1. The summed E-state index contributed by atoms with van der Waals surface area (Å²) in [7, 11) is 1.33. The number of hydrogen-bond acceptors (Lipinski definition) is 5. The van der Waals surface area contributed by atoms with Gasteiger partial charge in [-0.1, -0.05) is 48.0 Å². The van der Waals surface area contributed by atoms with Gasteiger partial charge in [0, 0.05) is 10.8 Å². The monoisotopic (exact) mass is 409 g/mol. The van der Waals surface area contributed by atoms with Gasteiger partial charge in [0.15, 0.2) is 4.75 Å². The Morgan fingerprint density at radius 3 is 2.31 bits per heavy atom. The number of carbonyl (C=O) groups excluding carboxylic acids is 3. The van der Waals surface area contributed by atoms with Crippen molar-refractivity contribution < 1.29 is 19.1 Å². The van der Waals surface area contributed by atoms with Crippen LogP contribution in [-0.4, -0.2) is 34.5 Å². The maximum atomic E-state index is 13.2. The van der Waals surface area contributed by atoms with Crippen LogP contribution < -0.4 is 0 Å². The highest BCUT2D eigenvalue weighted by atomic mass is 32.2. The lowest BCUT2D eigenvalue weighted by Crippen LogP contribution is -2.44. The smallest absolute Gasteiger partial charge is 0.325 e. The molecule has 0 aromatic heterocycles. The Hall–Kier alpha value is -2.60. The van der Waals surface area contributed by atoms with E-state index >= 15 is 0 Å². The van der Waals surface area contributed by atoms with E-state index in [-0.39, 0.29) is 24.2 Å². The maximum absolute atomic E-state index is 13.2. The first kappa shape index (κ1) is 19.7. The number of amides is 2. The van der Waals surface area contributed by atoms with Gasteiger partial charge < -0.3 is 4.74 Å². The third-order valence-corrected chi connectivity index (χ3v) is 6.92. The number of thioether (sulfide) groups is 1. The molecule has 2 fully saturated rings. The molecule has 2 aliphatic rings. The normalized spacial score (nSPS) is 23.9. The van der Waals surface area contributed by atoms with Crippen molar-refractivity contribution in [2.45, 2.75) is 41.9 Å². The van der Waals surface area contributed by atoms with Gasteiger partial charge in [0.1, 0.15) is 0 Å². The number of nitrogens with zero attached hydrogens (tertiary/aromatic N) is 1. The van der Waals surface area contributed by atoms with Crippen LogP contribution in [0.1, 0.15) is 36.4 Å². The second kappa shape index (κ2) is 7.67. The zero-order chi connectivity index (χ0) is 20.6. The molecule has 2 aromatic carbocycles. The predicted octanol–water partition coefficient (Wildman–Crippen LogP) is 3.91. The molecule has 1 saturated carbocycles. The summed E-state index contributed by atoms with van der Waals surface area (Å²) in [5.74, 6) is -1.11. The molecule has 5 nitrogen and oxygen atoms in total. The van der Waals surface area contributed by atoms with Crippen LogP contribution >= 0.6 is 11.8 Å². The molecular weight excluding hydrogens is 386 g/mol. The van der Waals surface area contributed by atoms with Gasteiger partial charge in [-0.15, -0.1) is 11.8 Å². The van der Waals surface area contributed by atoms with Crippen LogP contribution in [0.15, 0.2) is 59.5 Å². The largest absolute Gasteiger partial charge is 0.468 e. The molecule has 1 heterocycles. The minimum atomic E-state index is -1.23. The van der Waals surface area contributed by atoms with Crippen LogP contribution in [0.25, 0.3) is 0 Å². The van der Waals surface area contributed by atoms with Crippen LogP contribution in [0, 0.1) is 12.8 Å². The molecule has 2 atom stereocenters. The molecule has 29 heavy (non-hydrogen) atoms. The molecule has 150 valence electrons. The van der Waals surface area contributed by atoms with E-state index in [1.807, 2.05) is 61.5 Å². The van der Waals surface area contributed by atoms with Crippen LogP contribution in [0.3, 0.4) is 0 Å². The van der Waals surface area contributed by atoms with Crippen molar-refractivity contribution in [3.05, 3.63) is 65.7 Å². The van der Waals surface area contributed by atoms with E-state index < -0.39 is 16.8 Å². The van der Waals surface area contributed by atoms with E-state index in [9.17, 15) is 14.4 Å². The summed E-state index contributed by atoms with van der Waals surface area (Å²) in [6.07, 6.45) is 1.51. The number of likely N-dealkylation sites (tertiary alicyclic amines) is 1. The van der Waals surface area contributed by atoms with Gasteiger partial charge in [0.05, 0.1) is 19.6 Å². The van der Waals surface area contributed by atoms with Gasteiger partial charge in [0.25, 0.3) is 0 Å². The molecule has 1 aliphatic heterocycles. The highest BCUT2D eigenvalue weighted by Gasteiger charge is 2.61. The first-order chi connectivity index (χ1) is 14.0. The summed E-state index contributed by atoms with van der Waals surface area (Å²) >= 11 is 1.31. The number of benzene rings is 2. The fourth-order valence-electron chi connectivity index (χ4n) is 3.90. The number of imide groups is 1. The number of rotatable bonds is 5. The highest BCUT2D eigenvalue weighted by molar-refractivity contribution is 8.01. The van der Waals surface area contributed by atoms with E-state index in [1.54, 1.807) is 0 Å². The van der Waals surface area contributed by atoms with Crippen molar-refractivity contribution in [2.24, 2.45) is 5.92 Å². The Bertz CT molecular complexity index is 939. The van der Waals surface area contributed by atoms with Crippen molar-refractivity contribution in [2.75, 3.05) is 7.11 Å². The van der Waals surface area contributed by atoms with E-state index in [0.29, 0.717) is 0 Å². The number of esters is 1. The summed E-state index contributed by atoms with van der Waals surface area (Å²) in [5, 5.41) is 0. The lowest BCUT2D eigenvalue weighted by molar-refractivity contribution is -0.146. The van der Waals surface area contributed by atoms with Crippen molar-refractivity contribution in [3.8, 4) is 0 Å². The van der Waals surface area contributed by atoms with Crippen molar-refractivity contribution in [1.29, 1.82) is 0 Å². The maximum Gasteiger partial charge on any atom is 0.325 e. The molecule has 0 radical (unpaired) electrons. The molecule has 0 spiro atoms. The number of aryl methyl sites for hydroxylation is 1. The van der Waals surface area contributed by atoms with Gasteiger partial charge >= 0.3 is 5.97 Å². The molecule has 0 unspecified atom stereocenters. The molecule has 4 rings (SSSR count). The number of hydrogen-bond donors (Lipinski definition) is 0. The quantitative estimate of drug-likeness (QED) is 0.553. The predicted molar refractivity (Wildman–Crippen MR) is 110 cm³/mol. The number of carbonyl (C=O) groups is 3. The van der Waals surface area contributed by atoms with Gasteiger partial charge in [0.2, 0.25) is 11.8 Å². The lowest BCUT2D eigenvalue weighted by atomic mass is 9.92. The van der Waals surface area contributed by atoms with Gasteiger partial charge in [-0.2, -0.15) is 0 Å². The summed E-state index contributed by atoms with van der Waals surface area (Å²) in [4.78, 5) is 41.5.